The second kappa shape index (κ2) is 5.48. The number of ether oxygens (including phenoxy) is 2. The van der Waals surface area contributed by atoms with E-state index in [1.807, 2.05) is 13.8 Å². The molecule has 98 valence electrons. The Labute approximate surface area is 106 Å². The number of hydrogen-bond donors (Lipinski definition) is 0. The largest absolute Gasteiger partial charge is 0.484 e. The lowest BCUT2D eigenvalue weighted by molar-refractivity contribution is -0.155. The number of benzene rings is 1. The number of carbonyl (C=O) groups excluding carboxylic acids is 1. The summed E-state index contributed by atoms with van der Waals surface area (Å²) in [6.45, 7) is 4.36. The molecule has 1 aromatic carbocycles. The van der Waals surface area contributed by atoms with E-state index in [9.17, 15) is 9.18 Å². The van der Waals surface area contributed by atoms with Gasteiger partial charge in [0.1, 0.15) is 6.10 Å². The first kappa shape index (κ1) is 13.0. The Bertz CT molecular complexity index is 445. The third-order valence-corrected chi connectivity index (χ3v) is 2.92. The second-order valence-corrected chi connectivity index (χ2v) is 4.55. The van der Waals surface area contributed by atoms with Crippen LogP contribution in [0.1, 0.15) is 25.3 Å². The molecular weight excluding hydrogens is 235 g/mol. The summed E-state index contributed by atoms with van der Waals surface area (Å²) in [7, 11) is 0. The Morgan fingerprint density at radius 3 is 2.89 bits per heavy atom. The Morgan fingerprint density at radius 2 is 2.22 bits per heavy atom. The van der Waals surface area contributed by atoms with Crippen LogP contribution in [0.2, 0.25) is 0 Å². The zero-order valence-electron chi connectivity index (χ0n) is 10.6. The van der Waals surface area contributed by atoms with Gasteiger partial charge in [0.2, 0.25) is 0 Å². The fourth-order valence-electron chi connectivity index (χ4n) is 1.88. The molecule has 1 saturated carbocycles. The molecule has 2 atom stereocenters. The number of carbonyl (C=O) groups is 1. The van der Waals surface area contributed by atoms with E-state index in [1.165, 1.54) is 6.07 Å². The van der Waals surface area contributed by atoms with Gasteiger partial charge < -0.3 is 9.47 Å². The molecule has 0 aliphatic heterocycles. The van der Waals surface area contributed by atoms with Gasteiger partial charge in [-0.2, -0.15) is 0 Å². The molecule has 1 fully saturated rings. The van der Waals surface area contributed by atoms with Gasteiger partial charge >= 0.3 is 0 Å². The van der Waals surface area contributed by atoms with Gasteiger partial charge in [0.15, 0.2) is 23.5 Å². The minimum Gasteiger partial charge on any atom is -0.484 e. The molecule has 18 heavy (non-hydrogen) atoms. The van der Waals surface area contributed by atoms with E-state index in [2.05, 4.69) is 0 Å². The van der Waals surface area contributed by atoms with E-state index in [-0.39, 0.29) is 17.6 Å². The van der Waals surface area contributed by atoms with Crippen molar-refractivity contribution in [2.45, 2.75) is 38.9 Å². The lowest BCUT2D eigenvalue weighted by Gasteiger charge is -2.34. The van der Waals surface area contributed by atoms with Crippen molar-refractivity contribution in [3.05, 3.63) is 29.6 Å². The highest BCUT2D eigenvalue weighted by molar-refractivity contribution is 5.90. The van der Waals surface area contributed by atoms with Crippen molar-refractivity contribution in [1.82, 2.24) is 0 Å². The lowest BCUT2D eigenvalue weighted by Crippen LogP contribution is -2.52. The Balaban J connectivity index is 2.01. The number of aryl methyl sites for hydroxylation is 1. The van der Waals surface area contributed by atoms with Crippen LogP contribution in [0, 0.1) is 12.7 Å². The molecule has 0 radical (unpaired) electrons. The summed E-state index contributed by atoms with van der Waals surface area (Å²) in [6.07, 6.45) is 0.238. The van der Waals surface area contributed by atoms with Crippen LogP contribution in [-0.4, -0.2) is 24.6 Å². The van der Waals surface area contributed by atoms with Gasteiger partial charge in [-0.05, 0) is 31.0 Å². The highest BCUT2D eigenvalue weighted by atomic mass is 19.1. The topological polar surface area (TPSA) is 35.5 Å². The van der Waals surface area contributed by atoms with Gasteiger partial charge in [0, 0.05) is 13.0 Å². The quantitative estimate of drug-likeness (QED) is 0.808. The molecule has 4 heteroatoms. The van der Waals surface area contributed by atoms with Crippen LogP contribution in [0.15, 0.2) is 18.2 Å². The Hall–Kier alpha value is -1.42. The first-order valence-corrected chi connectivity index (χ1v) is 6.19. The van der Waals surface area contributed by atoms with Crippen molar-refractivity contribution in [2.75, 3.05) is 6.61 Å². The third kappa shape index (κ3) is 2.70. The molecule has 0 amide bonds. The molecule has 0 spiro atoms. The van der Waals surface area contributed by atoms with Gasteiger partial charge in [0.25, 0.3) is 0 Å². The SMILES string of the molecule is CCCOC1C(=O)CC1Oc1cc(C)ccc1F. The maximum Gasteiger partial charge on any atom is 0.169 e. The highest BCUT2D eigenvalue weighted by Gasteiger charge is 2.42. The van der Waals surface area contributed by atoms with Crippen LogP contribution in [0.5, 0.6) is 5.75 Å². The predicted octanol–water partition coefficient (Wildman–Crippen LogP) is 2.65. The second-order valence-electron chi connectivity index (χ2n) is 4.55. The molecule has 0 saturated heterocycles. The number of rotatable bonds is 5. The standard InChI is InChI=1S/C14H17FO3/c1-3-6-17-14-11(16)8-13(14)18-12-7-9(2)4-5-10(12)15/h4-5,7,13-14H,3,6,8H2,1-2H3. The average Bonchev–Trinajstić information content (AvgIpc) is 2.33. The molecule has 1 aliphatic carbocycles. The lowest BCUT2D eigenvalue weighted by atomic mass is 9.90. The number of halogens is 1. The number of ketones is 1. The van der Waals surface area contributed by atoms with Crippen molar-refractivity contribution in [3.63, 3.8) is 0 Å². The van der Waals surface area contributed by atoms with Gasteiger partial charge in [-0.1, -0.05) is 13.0 Å². The first-order valence-electron chi connectivity index (χ1n) is 6.19. The van der Waals surface area contributed by atoms with E-state index < -0.39 is 11.9 Å². The van der Waals surface area contributed by atoms with Crippen molar-refractivity contribution in [2.24, 2.45) is 0 Å². The smallest absolute Gasteiger partial charge is 0.169 e. The fourth-order valence-corrected chi connectivity index (χ4v) is 1.88. The molecule has 1 aliphatic rings. The molecule has 0 aromatic heterocycles. The van der Waals surface area contributed by atoms with Crippen LogP contribution in [0.25, 0.3) is 0 Å². The van der Waals surface area contributed by atoms with E-state index in [4.69, 9.17) is 9.47 Å². The van der Waals surface area contributed by atoms with Crippen molar-refractivity contribution in [1.29, 1.82) is 0 Å². The highest BCUT2D eigenvalue weighted by Crippen LogP contribution is 2.28. The molecule has 3 nitrogen and oxygen atoms in total. The zero-order chi connectivity index (χ0) is 13.1. The molecule has 0 N–H and O–H groups in total. The summed E-state index contributed by atoms with van der Waals surface area (Å²) in [5.41, 5.74) is 0.920. The normalized spacial score (nSPS) is 22.7. The maximum atomic E-state index is 13.5. The van der Waals surface area contributed by atoms with Crippen LogP contribution >= 0.6 is 0 Å². The van der Waals surface area contributed by atoms with Crippen LogP contribution in [-0.2, 0) is 9.53 Å². The van der Waals surface area contributed by atoms with E-state index in [0.717, 1.165) is 12.0 Å². The summed E-state index contributed by atoms with van der Waals surface area (Å²) in [6, 6.07) is 4.68. The molecule has 1 aromatic rings. The monoisotopic (exact) mass is 252 g/mol. The van der Waals surface area contributed by atoms with Crippen molar-refractivity contribution < 1.29 is 18.7 Å². The predicted molar refractivity (Wildman–Crippen MR) is 65.2 cm³/mol. The summed E-state index contributed by atoms with van der Waals surface area (Å²) in [5, 5.41) is 0. The first-order chi connectivity index (χ1) is 8.61. The van der Waals surface area contributed by atoms with Gasteiger partial charge in [0.05, 0.1) is 0 Å². The summed E-state index contributed by atoms with van der Waals surface area (Å²) in [5.74, 6) is -0.187. The fraction of sp³-hybridized carbons (Fsp3) is 0.500. The Morgan fingerprint density at radius 1 is 1.44 bits per heavy atom. The number of Topliss-reactive ketones (excluding diaryl/α,β-unsaturated/α-hetero) is 1. The minimum atomic E-state index is -0.537. The number of hydrogen-bond acceptors (Lipinski definition) is 3. The average molecular weight is 252 g/mol. The zero-order valence-corrected chi connectivity index (χ0v) is 10.6. The van der Waals surface area contributed by atoms with Gasteiger partial charge in [-0.15, -0.1) is 0 Å². The van der Waals surface area contributed by atoms with E-state index in [1.54, 1.807) is 12.1 Å². The summed E-state index contributed by atoms with van der Waals surface area (Å²) >= 11 is 0. The minimum absolute atomic E-state index is 0.0292. The van der Waals surface area contributed by atoms with E-state index >= 15 is 0 Å². The maximum absolute atomic E-state index is 13.5. The van der Waals surface area contributed by atoms with Gasteiger partial charge in [-0.3, -0.25) is 4.79 Å². The molecule has 0 bridgehead atoms. The van der Waals surface area contributed by atoms with Crippen molar-refractivity contribution >= 4 is 5.78 Å². The molecule has 2 rings (SSSR count). The third-order valence-electron chi connectivity index (χ3n) is 2.92. The summed E-state index contributed by atoms with van der Waals surface area (Å²) < 4.78 is 24.4. The van der Waals surface area contributed by atoms with Crippen LogP contribution in [0.3, 0.4) is 0 Å². The molecule has 2 unspecified atom stereocenters. The Kier molecular flexibility index (Phi) is 3.97. The van der Waals surface area contributed by atoms with Crippen LogP contribution in [0.4, 0.5) is 4.39 Å². The molecule has 0 heterocycles. The van der Waals surface area contributed by atoms with Gasteiger partial charge in [-0.25, -0.2) is 4.39 Å². The van der Waals surface area contributed by atoms with Crippen LogP contribution < -0.4 is 4.74 Å². The molecular formula is C14H17FO3. The van der Waals surface area contributed by atoms with E-state index in [0.29, 0.717) is 13.0 Å². The van der Waals surface area contributed by atoms with Crippen molar-refractivity contribution in [3.8, 4) is 5.75 Å². The summed E-state index contributed by atoms with van der Waals surface area (Å²) in [4.78, 5) is 11.4.